The molecule has 4 aliphatic rings. The van der Waals surface area contributed by atoms with Gasteiger partial charge in [-0.15, -0.1) is 0 Å². The Hall–Kier alpha value is -1.79. The van der Waals surface area contributed by atoms with Crippen molar-refractivity contribution in [2.75, 3.05) is 19.6 Å². The van der Waals surface area contributed by atoms with Gasteiger partial charge in [-0.05, 0) is 43.5 Å². The molecule has 2 aromatic rings. The Morgan fingerprint density at radius 1 is 1.15 bits per heavy atom. The number of piperidine rings is 3. The normalized spacial score (nSPS) is 33.6. The third kappa shape index (κ3) is 2.42. The number of hydrogen-bond acceptors (Lipinski definition) is 3. The molecule has 4 fully saturated rings. The molecule has 26 heavy (non-hydrogen) atoms. The average Bonchev–Trinajstić information content (AvgIpc) is 3.24. The molecule has 0 N–H and O–H groups in total. The minimum Gasteiger partial charge on any atom is -0.337 e. The molecule has 0 saturated carbocycles. The fourth-order valence-corrected chi connectivity index (χ4v) is 5.53. The predicted octanol–water partition coefficient (Wildman–Crippen LogP) is 2.76. The lowest BCUT2D eigenvalue weighted by Gasteiger charge is -2.51. The Balaban J connectivity index is 1.52. The number of likely N-dealkylation sites (tertiary alicyclic amines) is 1. The molecule has 1 aromatic heterocycles. The third-order valence-electron chi connectivity index (χ3n) is 6.74. The fraction of sp³-hybridized carbons (Fsp3) is 0.550. The van der Waals surface area contributed by atoms with E-state index in [1.165, 1.54) is 18.9 Å². The maximum atomic E-state index is 14.6. The van der Waals surface area contributed by atoms with Gasteiger partial charge in [0, 0.05) is 44.0 Å². The van der Waals surface area contributed by atoms with Gasteiger partial charge in [0.2, 0.25) is 0 Å². The molecule has 0 aliphatic carbocycles. The van der Waals surface area contributed by atoms with Crippen molar-refractivity contribution in [2.45, 2.75) is 37.4 Å². The summed E-state index contributed by atoms with van der Waals surface area (Å²) in [6, 6.07) is 5.31. The lowest BCUT2D eigenvalue weighted by molar-refractivity contribution is -0.00965. The van der Waals surface area contributed by atoms with E-state index in [2.05, 4.69) is 14.8 Å². The van der Waals surface area contributed by atoms with E-state index in [1.807, 2.05) is 24.0 Å². The molecule has 3 atom stereocenters. The zero-order valence-electron chi connectivity index (χ0n) is 15.0. The molecule has 138 valence electrons. The highest BCUT2D eigenvalue weighted by molar-refractivity contribution is 5.29. The van der Waals surface area contributed by atoms with Gasteiger partial charge >= 0.3 is 0 Å². The number of nitrogens with zero attached hydrogens (tertiary/aromatic N) is 4. The summed E-state index contributed by atoms with van der Waals surface area (Å²) in [4.78, 5) is 9.46. The van der Waals surface area contributed by atoms with Crippen LogP contribution in [0.3, 0.4) is 0 Å². The highest BCUT2D eigenvalue weighted by Gasteiger charge is 2.53. The summed E-state index contributed by atoms with van der Waals surface area (Å²) in [5.74, 6) is 0.279. The SMILES string of the molecule is Cn1ccnc1CN1C[C@@H](c2cccc(F)c2F)[C@@H]2[C@H]1C1CCN2CC1. The predicted molar refractivity (Wildman–Crippen MR) is 94.6 cm³/mol. The topological polar surface area (TPSA) is 24.3 Å². The summed E-state index contributed by atoms with van der Waals surface area (Å²) in [5, 5.41) is 0. The zero-order chi connectivity index (χ0) is 17.8. The van der Waals surface area contributed by atoms with Crippen molar-refractivity contribution >= 4 is 0 Å². The number of benzene rings is 1. The molecule has 4 saturated heterocycles. The van der Waals surface area contributed by atoms with Crippen molar-refractivity contribution in [1.29, 1.82) is 0 Å². The average molecular weight is 358 g/mol. The smallest absolute Gasteiger partial charge is 0.162 e. The number of fused-ring (bicyclic) bond motifs is 2. The van der Waals surface area contributed by atoms with Crippen LogP contribution in [0.5, 0.6) is 0 Å². The largest absolute Gasteiger partial charge is 0.337 e. The van der Waals surface area contributed by atoms with Crippen molar-refractivity contribution in [2.24, 2.45) is 13.0 Å². The van der Waals surface area contributed by atoms with Crippen LogP contribution >= 0.6 is 0 Å². The fourth-order valence-electron chi connectivity index (χ4n) is 5.53. The van der Waals surface area contributed by atoms with Gasteiger partial charge in [-0.3, -0.25) is 9.80 Å². The lowest BCUT2D eigenvalue weighted by atomic mass is 9.75. The zero-order valence-corrected chi connectivity index (χ0v) is 15.0. The van der Waals surface area contributed by atoms with Crippen molar-refractivity contribution < 1.29 is 8.78 Å². The van der Waals surface area contributed by atoms with Gasteiger partial charge in [-0.25, -0.2) is 13.8 Å². The second-order valence-electron chi connectivity index (χ2n) is 7.99. The van der Waals surface area contributed by atoms with Crippen molar-refractivity contribution in [3.05, 3.63) is 53.6 Å². The van der Waals surface area contributed by atoms with E-state index >= 15 is 0 Å². The molecular formula is C20H24F2N4. The Morgan fingerprint density at radius 2 is 1.96 bits per heavy atom. The Kier molecular flexibility index (Phi) is 3.87. The maximum Gasteiger partial charge on any atom is 0.162 e. The number of halogens is 2. The summed E-state index contributed by atoms with van der Waals surface area (Å²) < 4.78 is 30.5. The molecule has 6 heteroatoms. The first-order valence-corrected chi connectivity index (χ1v) is 9.51. The van der Waals surface area contributed by atoms with E-state index in [0.717, 1.165) is 32.0 Å². The summed E-state index contributed by atoms with van der Waals surface area (Å²) in [5.41, 5.74) is 0.537. The van der Waals surface area contributed by atoms with Crippen LogP contribution in [-0.2, 0) is 13.6 Å². The molecule has 5 heterocycles. The molecular weight excluding hydrogens is 334 g/mol. The Labute approximate surface area is 152 Å². The molecule has 4 aliphatic heterocycles. The maximum absolute atomic E-state index is 14.6. The molecule has 0 amide bonds. The van der Waals surface area contributed by atoms with Crippen LogP contribution < -0.4 is 0 Å². The van der Waals surface area contributed by atoms with Gasteiger partial charge in [0.25, 0.3) is 0 Å². The van der Waals surface area contributed by atoms with E-state index in [9.17, 15) is 8.78 Å². The minimum atomic E-state index is -0.738. The van der Waals surface area contributed by atoms with Crippen molar-refractivity contribution in [3.63, 3.8) is 0 Å². The lowest BCUT2D eigenvalue weighted by Crippen LogP contribution is -2.60. The minimum absolute atomic E-state index is 0.0130. The van der Waals surface area contributed by atoms with Gasteiger partial charge in [0.05, 0.1) is 6.54 Å². The highest BCUT2D eigenvalue weighted by Crippen LogP contribution is 2.47. The van der Waals surface area contributed by atoms with Crippen LogP contribution in [0.1, 0.15) is 30.1 Å². The van der Waals surface area contributed by atoms with Crippen molar-refractivity contribution in [1.82, 2.24) is 19.4 Å². The summed E-state index contributed by atoms with van der Waals surface area (Å²) in [7, 11) is 2.01. The number of hydrogen-bond donors (Lipinski definition) is 0. The molecule has 0 spiro atoms. The van der Waals surface area contributed by atoms with Crippen LogP contribution in [0.4, 0.5) is 8.78 Å². The van der Waals surface area contributed by atoms with E-state index in [-0.39, 0.29) is 12.0 Å². The standard InChI is InChI=1S/C20H24F2N4/c1-24-10-7-23-17(24)12-26-11-15(14-3-2-4-16(21)18(14)22)20-19(26)13-5-8-25(20)9-6-13/h2-4,7,10,13,15,19-20H,5-6,8-9,11-12H2,1H3/t15-,19+,20+/m0/s1. The van der Waals surface area contributed by atoms with E-state index in [4.69, 9.17) is 0 Å². The number of aryl methyl sites for hydroxylation is 1. The van der Waals surface area contributed by atoms with Crippen molar-refractivity contribution in [3.8, 4) is 0 Å². The number of aromatic nitrogens is 2. The van der Waals surface area contributed by atoms with E-state index < -0.39 is 11.6 Å². The van der Waals surface area contributed by atoms with E-state index in [1.54, 1.807) is 12.1 Å². The second kappa shape index (κ2) is 6.13. The molecule has 0 radical (unpaired) electrons. The molecule has 6 rings (SSSR count). The van der Waals surface area contributed by atoms with Crippen LogP contribution in [0.15, 0.2) is 30.6 Å². The molecule has 4 nitrogen and oxygen atoms in total. The van der Waals surface area contributed by atoms with Crippen LogP contribution in [0, 0.1) is 17.6 Å². The van der Waals surface area contributed by atoms with E-state index in [0.29, 0.717) is 17.5 Å². The molecule has 0 unspecified atom stereocenters. The Morgan fingerprint density at radius 3 is 2.69 bits per heavy atom. The van der Waals surface area contributed by atoms with Crippen LogP contribution in [0.2, 0.25) is 0 Å². The highest BCUT2D eigenvalue weighted by atomic mass is 19.2. The summed E-state index contributed by atoms with van der Waals surface area (Å²) in [6.07, 6.45) is 6.19. The van der Waals surface area contributed by atoms with Crippen LogP contribution in [0.25, 0.3) is 0 Å². The monoisotopic (exact) mass is 358 g/mol. The first kappa shape index (κ1) is 16.4. The first-order valence-electron chi connectivity index (χ1n) is 9.51. The first-order chi connectivity index (χ1) is 12.6. The van der Waals surface area contributed by atoms with Gasteiger partial charge in [-0.1, -0.05) is 12.1 Å². The molecule has 1 aromatic carbocycles. The summed E-state index contributed by atoms with van der Waals surface area (Å²) in [6.45, 7) is 3.68. The summed E-state index contributed by atoms with van der Waals surface area (Å²) >= 11 is 0. The van der Waals surface area contributed by atoms with Gasteiger partial charge < -0.3 is 4.57 Å². The Bertz CT molecular complexity index is 812. The second-order valence-corrected chi connectivity index (χ2v) is 7.99. The van der Waals surface area contributed by atoms with Gasteiger partial charge in [0.1, 0.15) is 5.82 Å². The van der Waals surface area contributed by atoms with Crippen LogP contribution in [-0.4, -0.2) is 51.1 Å². The number of rotatable bonds is 3. The molecule has 2 bridgehead atoms. The van der Waals surface area contributed by atoms with Gasteiger partial charge in [-0.2, -0.15) is 0 Å². The van der Waals surface area contributed by atoms with Gasteiger partial charge in [0.15, 0.2) is 11.6 Å². The quantitative estimate of drug-likeness (QED) is 0.843. The third-order valence-corrected chi connectivity index (χ3v) is 6.74. The number of imidazole rings is 1.